The first-order chi connectivity index (χ1) is 14.6. The highest BCUT2D eigenvalue weighted by Crippen LogP contribution is 2.37. The topological polar surface area (TPSA) is 101 Å². The lowest BCUT2D eigenvalue weighted by molar-refractivity contribution is -0.139. The number of morpholine rings is 1. The molecule has 0 aliphatic carbocycles. The molecule has 0 radical (unpaired) electrons. The van der Waals surface area contributed by atoms with E-state index in [0.29, 0.717) is 24.6 Å². The largest absolute Gasteiger partial charge is 0.395 e. The van der Waals surface area contributed by atoms with E-state index in [4.69, 9.17) is 4.74 Å². The fourth-order valence-corrected chi connectivity index (χ4v) is 4.73. The maximum Gasteiger partial charge on any atom is 0.264 e. The Morgan fingerprint density at radius 1 is 1.37 bits per heavy atom. The van der Waals surface area contributed by atoms with Crippen LogP contribution in [-0.2, 0) is 16.1 Å². The Balaban J connectivity index is 1.63. The molecule has 2 amide bonds. The molecule has 0 aromatic carbocycles. The highest BCUT2D eigenvalue weighted by molar-refractivity contribution is 7.20. The summed E-state index contributed by atoms with van der Waals surface area (Å²) in [7, 11) is 1.65. The molecule has 3 aromatic heterocycles. The smallest absolute Gasteiger partial charge is 0.264 e. The lowest BCUT2D eigenvalue weighted by atomic mass is 10.0. The van der Waals surface area contributed by atoms with Crippen molar-refractivity contribution in [3.05, 3.63) is 47.2 Å². The van der Waals surface area contributed by atoms with Crippen molar-refractivity contribution in [2.75, 3.05) is 39.9 Å². The van der Waals surface area contributed by atoms with Gasteiger partial charge in [0.15, 0.2) is 0 Å². The molecule has 1 saturated heterocycles. The number of ether oxygens (including phenoxy) is 1. The van der Waals surface area contributed by atoms with Crippen LogP contribution in [0.15, 0.2) is 36.8 Å². The number of rotatable bonds is 6. The molecule has 1 atom stereocenters. The summed E-state index contributed by atoms with van der Waals surface area (Å²) >= 11 is 1.31. The Hall–Kier alpha value is -2.82. The number of hydrogen-bond acceptors (Lipinski definition) is 7. The van der Waals surface area contributed by atoms with E-state index in [-0.39, 0.29) is 31.5 Å². The fourth-order valence-electron chi connectivity index (χ4n) is 3.54. The maximum absolute atomic E-state index is 13.0. The third-order valence-corrected chi connectivity index (χ3v) is 6.20. The predicted octanol–water partition coefficient (Wildman–Crippen LogP) is 1.16. The van der Waals surface area contributed by atoms with Gasteiger partial charge in [-0.2, -0.15) is 5.10 Å². The average molecular weight is 430 g/mol. The molecule has 0 unspecified atom stereocenters. The van der Waals surface area contributed by atoms with E-state index in [1.54, 1.807) is 41.3 Å². The van der Waals surface area contributed by atoms with Gasteiger partial charge in [0, 0.05) is 49.7 Å². The van der Waals surface area contributed by atoms with Crippen molar-refractivity contribution in [3.63, 3.8) is 0 Å². The minimum Gasteiger partial charge on any atom is -0.395 e. The summed E-state index contributed by atoms with van der Waals surface area (Å²) in [5, 5.41) is 14.2. The minimum absolute atomic E-state index is 0.0464. The van der Waals surface area contributed by atoms with Gasteiger partial charge in [0.2, 0.25) is 5.91 Å². The zero-order valence-electron chi connectivity index (χ0n) is 16.6. The monoisotopic (exact) mass is 429 g/mol. The number of carbonyl (C=O) groups excluding carboxylic acids is 2. The summed E-state index contributed by atoms with van der Waals surface area (Å²) in [4.78, 5) is 34.7. The van der Waals surface area contributed by atoms with E-state index < -0.39 is 6.10 Å². The third kappa shape index (κ3) is 4.07. The van der Waals surface area contributed by atoms with E-state index >= 15 is 0 Å². The first kappa shape index (κ1) is 20.5. The molecule has 4 rings (SSSR count). The van der Waals surface area contributed by atoms with Crippen molar-refractivity contribution in [3.8, 4) is 0 Å². The number of thiophene rings is 1. The summed E-state index contributed by atoms with van der Waals surface area (Å²) in [6, 6.07) is 5.53. The second-order valence-electron chi connectivity index (χ2n) is 7.05. The van der Waals surface area contributed by atoms with Gasteiger partial charge in [0.25, 0.3) is 5.91 Å². The Morgan fingerprint density at radius 2 is 2.23 bits per heavy atom. The molecular weight excluding hydrogens is 406 g/mol. The van der Waals surface area contributed by atoms with Crippen molar-refractivity contribution in [1.29, 1.82) is 0 Å². The van der Waals surface area contributed by atoms with E-state index in [1.807, 2.05) is 12.1 Å². The second-order valence-corrected chi connectivity index (χ2v) is 8.05. The summed E-state index contributed by atoms with van der Waals surface area (Å²) in [6.45, 7) is 1.51. The Bertz CT molecular complexity index is 1040. The number of carbonyl (C=O) groups is 2. The van der Waals surface area contributed by atoms with Gasteiger partial charge in [-0.15, -0.1) is 11.3 Å². The maximum atomic E-state index is 13.0. The highest BCUT2D eigenvalue weighted by Gasteiger charge is 2.32. The minimum atomic E-state index is -0.431. The van der Waals surface area contributed by atoms with Gasteiger partial charge in [-0.3, -0.25) is 14.3 Å². The first-order valence-corrected chi connectivity index (χ1v) is 10.5. The van der Waals surface area contributed by atoms with Gasteiger partial charge in [-0.05, 0) is 12.1 Å². The molecule has 3 aromatic rings. The lowest BCUT2D eigenvalue weighted by Crippen LogP contribution is -2.44. The Kier molecular flexibility index (Phi) is 6.07. The van der Waals surface area contributed by atoms with Crippen LogP contribution in [0.2, 0.25) is 0 Å². The van der Waals surface area contributed by atoms with Gasteiger partial charge in [-0.25, -0.2) is 4.98 Å². The van der Waals surface area contributed by atoms with Crippen molar-refractivity contribution < 1.29 is 19.4 Å². The zero-order valence-corrected chi connectivity index (χ0v) is 17.4. The second kappa shape index (κ2) is 8.90. The molecule has 0 saturated carbocycles. The highest BCUT2D eigenvalue weighted by atomic mass is 32.1. The number of aliphatic hydroxyl groups excluding tert-OH is 1. The number of aliphatic hydroxyl groups is 1. The van der Waals surface area contributed by atoms with Gasteiger partial charge < -0.3 is 19.6 Å². The SMILES string of the molecule is CN(CCO)C(=O)c1sc2ncccc2c1[C@@H]1CN(C(=O)Cn2cccn2)CCO1. The van der Waals surface area contributed by atoms with Crippen LogP contribution in [0.5, 0.6) is 0 Å². The van der Waals surface area contributed by atoms with Crippen LogP contribution in [0, 0.1) is 0 Å². The van der Waals surface area contributed by atoms with Gasteiger partial charge in [-0.1, -0.05) is 6.07 Å². The van der Waals surface area contributed by atoms with Crippen molar-refractivity contribution in [2.45, 2.75) is 12.6 Å². The Labute approximate surface area is 177 Å². The molecule has 10 heteroatoms. The standard InChI is InChI=1S/C20H23N5O4S/c1-23(8-10-26)20(28)18-17(14-4-2-5-21-19(14)30-18)15-12-24(9-11-29-15)16(27)13-25-7-3-6-22-25/h2-7,15,26H,8-13H2,1H3/t15-/m0/s1. The quantitative estimate of drug-likeness (QED) is 0.631. The lowest BCUT2D eigenvalue weighted by Gasteiger charge is -2.33. The molecule has 0 bridgehead atoms. The van der Waals surface area contributed by atoms with Crippen LogP contribution < -0.4 is 0 Å². The van der Waals surface area contributed by atoms with E-state index in [2.05, 4.69) is 10.1 Å². The molecule has 9 nitrogen and oxygen atoms in total. The first-order valence-electron chi connectivity index (χ1n) is 9.69. The number of aromatic nitrogens is 3. The van der Waals surface area contributed by atoms with Crippen molar-refractivity contribution in [2.24, 2.45) is 0 Å². The van der Waals surface area contributed by atoms with E-state index in [9.17, 15) is 14.7 Å². The van der Waals surface area contributed by atoms with Gasteiger partial charge in [0.1, 0.15) is 22.4 Å². The summed E-state index contributed by atoms with van der Waals surface area (Å²) in [6.07, 6.45) is 4.65. The van der Waals surface area contributed by atoms with Crippen molar-refractivity contribution in [1.82, 2.24) is 24.6 Å². The third-order valence-electron chi connectivity index (χ3n) is 5.08. The molecule has 4 heterocycles. The Morgan fingerprint density at radius 3 is 3.00 bits per heavy atom. The molecular formula is C20H23N5O4S. The van der Waals surface area contributed by atoms with Crippen LogP contribution >= 0.6 is 11.3 Å². The number of hydrogen-bond donors (Lipinski definition) is 1. The number of amides is 2. The number of pyridine rings is 1. The summed E-state index contributed by atoms with van der Waals surface area (Å²) < 4.78 is 7.61. The van der Waals surface area contributed by atoms with E-state index in [0.717, 1.165) is 15.8 Å². The predicted molar refractivity (Wildman–Crippen MR) is 111 cm³/mol. The van der Waals surface area contributed by atoms with Crippen LogP contribution in [0.3, 0.4) is 0 Å². The number of likely N-dealkylation sites (N-methyl/N-ethyl adjacent to an activating group) is 1. The summed E-state index contributed by atoms with van der Waals surface area (Å²) in [5.41, 5.74) is 0.759. The fraction of sp³-hybridized carbons (Fsp3) is 0.400. The average Bonchev–Trinajstić information content (AvgIpc) is 3.41. The normalized spacial score (nSPS) is 16.7. The van der Waals surface area contributed by atoms with E-state index in [1.165, 1.54) is 16.2 Å². The molecule has 0 spiro atoms. The molecule has 158 valence electrons. The van der Waals surface area contributed by atoms with Crippen LogP contribution in [-0.4, -0.2) is 81.4 Å². The molecule has 30 heavy (non-hydrogen) atoms. The van der Waals surface area contributed by atoms with Crippen LogP contribution in [0.25, 0.3) is 10.2 Å². The molecule has 1 N–H and O–H groups in total. The summed E-state index contributed by atoms with van der Waals surface area (Å²) in [5.74, 6) is -0.236. The van der Waals surface area contributed by atoms with Crippen LogP contribution in [0.1, 0.15) is 21.3 Å². The van der Waals surface area contributed by atoms with Gasteiger partial charge in [0.05, 0.1) is 19.8 Å². The molecule has 1 fully saturated rings. The number of nitrogens with zero attached hydrogens (tertiary/aromatic N) is 5. The van der Waals surface area contributed by atoms with Crippen molar-refractivity contribution >= 4 is 33.4 Å². The van der Waals surface area contributed by atoms with Gasteiger partial charge >= 0.3 is 0 Å². The zero-order chi connectivity index (χ0) is 21.1. The molecule has 1 aliphatic rings. The number of fused-ring (bicyclic) bond motifs is 1. The molecule has 1 aliphatic heterocycles. The van der Waals surface area contributed by atoms with Crippen LogP contribution in [0.4, 0.5) is 0 Å².